The van der Waals surface area contributed by atoms with E-state index in [0.717, 1.165) is 37.1 Å². The molecular formula is C23H25N3O3. The van der Waals surface area contributed by atoms with Gasteiger partial charge in [0.25, 0.3) is 5.91 Å². The zero-order valence-electron chi connectivity index (χ0n) is 16.4. The van der Waals surface area contributed by atoms with Crippen LogP contribution >= 0.6 is 0 Å². The van der Waals surface area contributed by atoms with Gasteiger partial charge in [-0.2, -0.15) is 5.26 Å². The lowest BCUT2D eigenvalue weighted by molar-refractivity contribution is -0.126. The third-order valence-corrected chi connectivity index (χ3v) is 4.89. The van der Waals surface area contributed by atoms with Crippen molar-refractivity contribution in [2.45, 2.75) is 32.4 Å². The molecule has 0 unspecified atom stereocenters. The van der Waals surface area contributed by atoms with Crippen LogP contribution in [0.1, 0.15) is 46.3 Å². The van der Waals surface area contributed by atoms with E-state index in [4.69, 9.17) is 10.00 Å². The molecule has 1 aliphatic heterocycles. The minimum Gasteiger partial charge on any atom is -0.367 e. The number of rotatable bonds is 7. The van der Waals surface area contributed by atoms with Gasteiger partial charge >= 0.3 is 0 Å². The Balaban J connectivity index is 1.43. The minimum absolute atomic E-state index is 0.0492. The summed E-state index contributed by atoms with van der Waals surface area (Å²) >= 11 is 0. The van der Waals surface area contributed by atoms with Gasteiger partial charge in [-0.05, 0) is 54.7 Å². The lowest BCUT2D eigenvalue weighted by Crippen LogP contribution is -2.35. The highest BCUT2D eigenvalue weighted by atomic mass is 16.5. The van der Waals surface area contributed by atoms with Crippen molar-refractivity contribution in [2.24, 2.45) is 0 Å². The molecule has 1 N–H and O–H groups in total. The number of ether oxygens (including phenoxy) is 1. The van der Waals surface area contributed by atoms with E-state index in [9.17, 15) is 9.59 Å². The lowest BCUT2D eigenvalue weighted by atomic mass is 10.1. The Bertz CT molecular complexity index is 881. The summed E-state index contributed by atoms with van der Waals surface area (Å²) in [7, 11) is 0. The maximum atomic E-state index is 12.6. The predicted octanol–water partition coefficient (Wildman–Crippen LogP) is 3.02. The van der Waals surface area contributed by atoms with Crippen LogP contribution in [0.4, 0.5) is 0 Å². The summed E-state index contributed by atoms with van der Waals surface area (Å²) in [5.74, 6) is -0.157. The molecule has 1 heterocycles. The van der Waals surface area contributed by atoms with Gasteiger partial charge in [-0.3, -0.25) is 9.59 Å². The summed E-state index contributed by atoms with van der Waals surface area (Å²) in [5.41, 5.74) is 3.04. The second kappa shape index (κ2) is 10.4. The molecule has 0 aromatic heterocycles. The standard InChI is InChI=1S/C23H25N3O3/c24-14-18-7-9-19(10-8-18)16-29-17-22(27)25-15-20-5-4-6-21(13-20)23(28)26-11-2-1-3-12-26/h4-10,13H,1-3,11-12,15-17H2,(H,25,27). The number of piperidine rings is 1. The Morgan fingerprint density at radius 1 is 1.03 bits per heavy atom. The van der Waals surface area contributed by atoms with Crippen molar-refractivity contribution >= 4 is 11.8 Å². The maximum absolute atomic E-state index is 12.6. The first kappa shape index (κ1) is 20.6. The molecule has 1 saturated heterocycles. The summed E-state index contributed by atoms with van der Waals surface area (Å²) in [6.45, 7) is 2.23. The highest BCUT2D eigenvalue weighted by Gasteiger charge is 2.18. The Morgan fingerprint density at radius 3 is 2.52 bits per heavy atom. The van der Waals surface area contributed by atoms with E-state index in [1.54, 1.807) is 24.3 Å². The first-order chi connectivity index (χ1) is 14.2. The van der Waals surface area contributed by atoms with E-state index in [2.05, 4.69) is 11.4 Å². The number of benzene rings is 2. The van der Waals surface area contributed by atoms with Crippen molar-refractivity contribution in [2.75, 3.05) is 19.7 Å². The van der Waals surface area contributed by atoms with Crippen molar-refractivity contribution in [3.63, 3.8) is 0 Å². The molecule has 3 rings (SSSR count). The summed E-state index contributed by atoms with van der Waals surface area (Å²) in [6, 6.07) is 16.5. The monoisotopic (exact) mass is 391 g/mol. The van der Waals surface area contributed by atoms with Gasteiger partial charge in [-0.1, -0.05) is 24.3 Å². The Kier molecular flexibility index (Phi) is 7.37. The van der Waals surface area contributed by atoms with Crippen molar-refractivity contribution in [1.82, 2.24) is 10.2 Å². The van der Waals surface area contributed by atoms with E-state index in [-0.39, 0.29) is 18.4 Å². The quantitative estimate of drug-likeness (QED) is 0.787. The number of carbonyl (C=O) groups excluding carboxylic acids is 2. The average Bonchev–Trinajstić information content (AvgIpc) is 2.78. The van der Waals surface area contributed by atoms with E-state index in [0.29, 0.717) is 24.3 Å². The topological polar surface area (TPSA) is 82.4 Å². The molecule has 0 atom stereocenters. The molecule has 6 heteroatoms. The van der Waals surface area contributed by atoms with Crippen LogP contribution in [0.25, 0.3) is 0 Å². The van der Waals surface area contributed by atoms with Crippen LogP contribution in [0.3, 0.4) is 0 Å². The van der Waals surface area contributed by atoms with Crippen molar-refractivity contribution in [3.05, 3.63) is 70.8 Å². The van der Waals surface area contributed by atoms with E-state index < -0.39 is 0 Å². The van der Waals surface area contributed by atoms with Crippen molar-refractivity contribution in [3.8, 4) is 6.07 Å². The molecule has 2 aromatic rings. The third-order valence-electron chi connectivity index (χ3n) is 4.89. The summed E-state index contributed by atoms with van der Waals surface area (Å²) in [4.78, 5) is 26.5. The number of likely N-dealkylation sites (tertiary alicyclic amines) is 1. The highest BCUT2D eigenvalue weighted by Crippen LogP contribution is 2.14. The van der Waals surface area contributed by atoms with Gasteiger partial charge in [0.15, 0.2) is 0 Å². The molecule has 1 fully saturated rings. The van der Waals surface area contributed by atoms with Crippen LogP contribution in [0.5, 0.6) is 0 Å². The minimum atomic E-state index is -0.216. The van der Waals surface area contributed by atoms with Crippen molar-refractivity contribution < 1.29 is 14.3 Å². The molecule has 6 nitrogen and oxygen atoms in total. The molecule has 150 valence electrons. The van der Waals surface area contributed by atoms with Crippen LogP contribution in [0.15, 0.2) is 48.5 Å². The Labute approximate surface area is 171 Å². The van der Waals surface area contributed by atoms with Gasteiger partial charge in [0.2, 0.25) is 5.91 Å². The Hall–Kier alpha value is -3.17. The third kappa shape index (κ3) is 6.16. The molecule has 2 aromatic carbocycles. The van der Waals surface area contributed by atoms with Gasteiger partial charge in [0, 0.05) is 25.2 Å². The second-order valence-electron chi connectivity index (χ2n) is 7.13. The number of hydrogen-bond acceptors (Lipinski definition) is 4. The molecule has 0 aliphatic carbocycles. The maximum Gasteiger partial charge on any atom is 0.253 e. The summed E-state index contributed by atoms with van der Waals surface area (Å²) in [6.07, 6.45) is 3.30. The fourth-order valence-electron chi connectivity index (χ4n) is 3.28. The van der Waals surface area contributed by atoms with Crippen molar-refractivity contribution in [1.29, 1.82) is 5.26 Å². The second-order valence-corrected chi connectivity index (χ2v) is 7.13. The largest absolute Gasteiger partial charge is 0.367 e. The average molecular weight is 391 g/mol. The molecule has 0 bridgehead atoms. The van der Waals surface area contributed by atoms with Crippen LogP contribution < -0.4 is 5.32 Å². The molecule has 0 radical (unpaired) electrons. The first-order valence-corrected chi connectivity index (χ1v) is 9.87. The van der Waals surface area contributed by atoms with Crippen LogP contribution in [0, 0.1) is 11.3 Å². The fraction of sp³-hybridized carbons (Fsp3) is 0.348. The van der Waals surface area contributed by atoms with Crippen LogP contribution in [-0.4, -0.2) is 36.4 Å². The SMILES string of the molecule is N#Cc1ccc(COCC(=O)NCc2cccc(C(=O)N3CCCCC3)c2)cc1. The molecule has 1 aliphatic rings. The van der Waals surface area contributed by atoms with Crippen LogP contribution in [0.2, 0.25) is 0 Å². The zero-order chi connectivity index (χ0) is 20.5. The van der Waals surface area contributed by atoms with E-state index in [1.165, 1.54) is 6.42 Å². The predicted molar refractivity (Wildman–Crippen MR) is 109 cm³/mol. The normalized spacial score (nSPS) is 13.6. The number of hydrogen-bond donors (Lipinski definition) is 1. The Morgan fingerprint density at radius 2 is 1.79 bits per heavy atom. The number of carbonyl (C=O) groups is 2. The highest BCUT2D eigenvalue weighted by molar-refractivity contribution is 5.94. The number of amides is 2. The van der Waals surface area contributed by atoms with E-state index in [1.807, 2.05) is 29.2 Å². The first-order valence-electron chi connectivity index (χ1n) is 9.87. The zero-order valence-corrected chi connectivity index (χ0v) is 16.4. The number of nitrogens with one attached hydrogen (secondary N) is 1. The van der Waals surface area contributed by atoms with E-state index >= 15 is 0 Å². The lowest BCUT2D eigenvalue weighted by Gasteiger charge is -2.26. The van der Waals surface area contributed by atoms with Gasteiger partial charge in [-0.15, -0.1) is 0 Å². The molecule has 29 heavy (non-hydrogen) atoms. The van der Waals surface area contributed by atoms with Crippen LogP contribution in [-0.2, 0) is 22.7 Å². The van der Waals surface area contributed by atoms with Gasteiger partial charge < -0.3 is 15.0 Å². The molecular weight excluding hydrogens is 366 g/mol. The number of nitrogens with zero attached hydrogens (tertiary/aromatic N) is 2. The molecule has 0 saturated carbocycles. The van der Waals surface area contributed by atoms with Gasteiger partial charge in [-0.25, -0.2) is 0 Å². The number of nitriles is 1. The fourth-order valence-corrected chi connectivity index (χ4v) is 3.28. The van der Waals surface area contributed by atoms with Gasteiger partial charge in [0.05, 0.1) is 18.2 Å². The molecule has 0 spiro atoms. The summed E-state index contributed by atoms with van der Waals surface area (Å²) < 4.78 is 5.43. The van der Waals surface area contributed by atoms with Gasteiger partial charge in [0.1, 0.15) is 6.61 Å². The molecule has 2 amide bonds. The summed E-state index contributed by atoms with van der Waals surface area (Å²) in [5, 5.41) is 11.6. The smallest absolute Gasteiger partial charge is 0.253 e.